The molecule has 3 aromatic rings. The van der Waals surface area contributed by atoms with E-state index in [1.807, 2.05) is 18.2 Å². The van der Waals surface area contributed by atoms with E-state index in [1.54, 1.807) is 18.2 Å². The lowest BCUT2D eigenvalue weighted by Gasteiger charge is -1.99. The van der Waals surface area contributed by atoms with E-state index in [-0.39, 0.29) is 17.4 Å². The molecule has 0 unspecified atom stereocenters. The summed E-state index contributed by atoms with van der Waals surface area (Å²) < 4.78 is 0.860. The van der Waals surface area contributed by atoms with Crippen LogP contribution < -0.4 is 0 Å². The van der Waals surface area contributed by atoms with Crippen LogP contribution in [0.1, 0.15) is 21.5 Å². The normalized spacial score (nSPS) is 13.7. The molecular weight excluding hydrogens is 374 g/mol. The van der Waals surface area contributed by atoms with Gasteiger partial charge in [0.2, 0.25) is 5.78 Å². The number of aromatic amines is 1. The SMILES string of the molecule is O=C1C(c2c(O)[nH]c3cc(Br)ccc23)=Nc2ccc(/C=N/O)cc21. The van der Waals surface area contributed by atoms with Crippen LogP contribution in [-0.4, -0.2) is 33.0 Å². The third-order valence-electron chi connectivity index (χ3n) is 3.90. The maximum absolute atomic E-state index is 12.7. The Balaban J connectivity index is 1.87. The van der Waals surface area contributed by atoms with Crippen LogP contribution in [0, 0.1) is 0 Å². The first-order chi connectivity index (χ1) is 11.6. The number of hydrogen-bond acceptors (Lipinski definition) is 5. The smallest absolute Gasteiger partial charge is 0.214 e. The van der Waals surface area contributed by atoms with Crippen molar-refractivity contribution in [3.8, 4) is 5.88 Å². The molecule has 7 heteroatoms. The third kappa shape index (κ3) is 2.13. The van der Waals surface area contributed by atoms with Crippen molar-refractivity contribution in [1.82, 2.24) is 4.98 Å². The Morgan fingerprint density at radius 3 is 2.83 bits per heavy atom. The maximum Gasteiger partial charge on any atom is 0.214 e. The lowest BCUT2D eigenvalue weighted by molar-refractivity contribution is 0.107. The van der Waals surface area contributed by atoms with Gasteiger partial charge in [-0.2, -0.15) is 0 Å². The lowest BCUT2D eigenvalue weighted by atomic mass is 10.0. The van der Waals surface area contributed by atoms with Crippen LogP contribution in [0.4, 0.5) is 5.69 Å². The van der Waals surface area contributed by atoms with E-state index in [1.165, 1.54) is 6.21 Å². The van der Waals surface area contributed by atoms with Crippen molar-refractivity contribution in [2.24, 2.45) is 10.1 Å². The second-order valence-corrected chi connectivity index (χ2v) is 6.26. The molecule has 1 aliphatic rings. The molecule has 0 bridgehead atoms. The van der Waals surface area contributed by atoms with E-state index in [0.29, 0.717) is 33.3 Å². The minimum Gasteiger partial charge on any atom is -0.494 e. The van der Waals surface area contributed by atoms with Gasteiger partial charge in [-0.15, -0.1) is 0 Å². The van der Waals surface area contributed by atoms with Gasteiger partial charge in [-0.3, -0.25) is 4.79 Å². The summed E-state index contributed by atoms with van der Waals surface area (Å²) in [6, 6.07) is 10.5. The Kier molecular flexibility index (Phi) is 3.24. The number of carbonyl (C=O) groups is 1. The highest BCUT2D eigenvalue weighted by Gasteiger charge is 2.30. The first kappa shape index (κ1) is 14.6. The van der Waals surface area contributed by atoms with Gasteiger partial charge < -0.3 is 15.3 Å². The summed E-state index contributed by atoms with van der Waals surface area (Å²) in [6.45, 7) is 0. The number of oxime groups is 1. The van der Waals surface area contributed by atoms with Gasteiger partial charge in [-0.1, -0.05) is 33.2 Å². The Labute approximate surface area is 144 Å². The molecule has 118 valence electrons. The molecule has 0 amide bonds. The number of aromatic nitrogens is 1. The molecule has 0 saturated carbocycles. The van der Waals surface area contributed by atoms with Crippen LogP contribution in [-0.2, 0) is 0 Å². The minimum absolute atomic E-state index is 0.0971. The number of nitrogens with zero attached hydrogens (tertiary/aromatic N) is 2. The number of hydrogen-bond donors (Lipinski definition) is 3. The standard InChI is InChI=1S/C17H10BrN3O3/c18-9-2-3-10-13(6-9)21-17(23)14(10)15-16(22)11-5-8(7-19-24)1-4-12(11)20-15/h1-7,21,23-24H/b19-7+. The van der Waals surface area contributed by atoms with Gasteiger partial charge in [0.15, 0.2) is 5.88 Å². The van der Waals surface area contributed by atoms with Crippen molar-refractivity contribution in [3.63, 3.8) is 0 Å². The third-order valence-corrected chi connectivity index (χ3v) is 4.39. The number of carbonyl (C=O) groups excluding carboxylic acids is 1. The fraction of sp³-hybridized carbons (Fsp3) is 0. The van der Waals surface area contributed by atoms with Crippen LogP contribution in [0.25, 0.3) is 10.9 Å². The summed E-state index contributed by atoms with van der Waals surface area (Å²) in [5.74, 6) is -0.377. The number of rotatable bonds is 2. The van der Waals surface area contributed by atoms with E-state index in [4.69, 9.17) is 5.21 Å². The lowest BCUT2D eigenvalue weighted by Crippen LogP contribution is -2.11. The topological polar surface area (TPSA) is 98.0 Å². The number of aliphatic imine (C=N–C) groups is 1. The summed E-state index contributed by atoms with van der Waals surface area (Å²) in [5.41, 5.74) is 2.80. The van der Waals surface area contributed by atoms with Gasteiger partial charge in [0, 0.05) is 9.86 Å². The fourth-order valence-electron chi connectivity index (χ4n) is 2.84. The van der Waals surface area contributed by atoms with Crippen LogP contribution in [0.3, 0.4) is 0 Å². The number of halogens is 1. The predicted molar refractivity (Wildman–Crippen MR) is 94.0 cm³/mol. The van der Waals surface area contributed by atoms with Gasteiger partial charge in [0.25, 0.3) is 0 Å². The molecule has 1 aliphatic heterocycles. The Morgan fingerprint density at radius 1 is 1.21 bits per heavy atom. The highest BCUT2D eigenvalue weighted by atomic mass is 79.9. The average Bonchev–Trinajstić information content (AvgIpc) is 3.04. The van der Waals surface area contributed by atoms with Gasteiger partial charge in [-0.05, 0) is 29.8 Å². The number of H-pyrrole nitrogens is 1. The van der Waals surface area contributed by atoms with Crippen molar-refractivity contribution in [3.05, 3.63) is 57.6 Å². The number of fused-ring (bicyclic) bond motifs is 2. The zero-order chi connectivity index (χ0) is 16.8. The molecule has 1 aromatic heterocycles. The Morgan fingerprint density at radius 2 is 2.04 bits per heavy atom. The molecule has 6 nitrogen and oxygen atoms in total. The van der Waals surface area contributed by atoms with Crippen molar-refractivity contribution in [1.29, 1.82) is 0 Å². The first-order valence-corrected chi connectivity index (χ1v) is 7.83. The number of ketones is 1. The zero-order valence-corrected chi connectivity index (χ0v) is 13.7. The minimum atomic E-state index is -0.280. The molecule has 2 aromatic carbocycles. The highest BCUT2D eigenvalue weighted by molar-refractivity contribution is 9.10. The van der Waals surface area contributed by atoms with Crippen LogP contribution in [0.15, 0.2) is 51.0 Å². The van der Waals surface area contributed by atoms with Gasteiger partial charge in [0.05, 0.1) is 28.5 Å². The van der Waals surface area contributed by atoms with Crippen molar-refractivity contribution >= 4 is 50.2 Å². The van der Waals surface area contributed by atoms with Gasteiger partial charge >= 0.3 is 0 Å². The molecule has 0 radical (unpaired) electrons. The van der Waals surface area contributed by atoms with Crippen LogP contribution in [0.5, 0.6) is 5.88 Å². The Bertz CT molecular complexity index is 1070. The number of benzene rings is 2. The maximum atomic E-state index is 12.7. The predicted octanol–water partition coefficient (Wildman–Crippen LogP) is 3.76. The van der Waals surface area contributed by atoms with E-state index in [2.05, 4.69) is 31.1 Å². The van der Waals surface area contributed by atoms with Crippen LogP contribution in [0.2, 0.25) is 0 Å². The number of aromatic hydroxyl groups is 1. The average molecular weight is 384 g/mol. The fourth-order valence-corrected chi connectivity index (χ4v) is 3.20. The molecule has 0 aliphatic carbocycles. The number of Topliss-reactive ketones (excluding diaryl/α,β-unsaturated/α-hetero) is 1. The van der Waals surface area contributed by atoms with Gasteiger partial charge in [0.1, 0.15) is 5.71 Å². The van der Waals surface area contributed by atoms with E-state index in [9.17, 15) is 9.90 Å². The van der Waals surface area contributed by atoms with E-state index >= 15 is 0 Å². The van der Waals surface area contributed by atoms with Crippen LogP contribution >= 0.6 is 15.9 Å². The second-order valence-electron chi connectivity index (χ2n) is 5.35. The molecule has 2 heterocycles. The molecule has 0 atom stereocenters. The van der Waals surface area contributed by atoms with E-state index in [0.717, 1.165) is 4.47 Å². The monoisotopic (exact) mass is 383 g/mol. The summed E-state index contributed by atoms with van der Waals surface area (Å²) in [5, 5.41) is 22.6. The molecule has 0 saturated heterocycles. The largest absolute Gasteiger partial charge is 0.494 e. The molecule has 0 fully saturated rings. The molecule has 4 rings (SSSR count). The number of nitrogens with one attached hydrogen (secondary N) is 1. The second kappa shape index (κ2) is 5.31. The van der Waals surface area contributed by atoms with E-state index < -0.39 is 0 Å². The quantitative estimate of drug-likeness (QED) is 0.357. The molecule has 0 spiro atoms. The molecular formula is C17H10BrN3O3. The summed E-state index contributed by atoms with van der Waals surface area (Å²) >= 11 is 3.38. The highest BCUT2D eigenvalue weighted by Crippen LogP contribution is 2.36. The van der Waals surface area contributed by atoms with Gasteiger partial charge in [-0.25, -0.2) is 4.99 Å². The summed E-state index contributed by atoms with van der Waals surface area (Å²) in [7, 11) is 0. The summed E-state index contributed by atoms with van der Waals surface area (Å²) in [6.07, 6.45) is 1.24. The zero-order valence-electron chi connectivity index (χ0n) is 12.1. The first-order valence-electron chi connectivity index (χ1n) is 7.04. The van der Waals surface area contributed by atoms with Crippen molar-refractivity contribution in [2.45, 2.75) is 0 Å². The molecule has 3 N–H and O–H groups in total. The van der Waals surface area contributed by atoms with Crippen molar-refractivity contribution in [2.75, 3.05) is 0 Å². The Hall–Kier alpha value is -2.93. The molecule has 24 heavy (non-hydrogen) atoms. The van der Waals surface area contributed by atoms with Crippen molar-refractivity contribution < 1.29 is 15.1 Å². The summed E-state index contributed by atoms with van der Waals surface area (Å²) in [4.78, 5) is 20.0.